The van der Waals surface area contributed by atoms with Crippen molar-refractivity contribution in [1.29, 1.82) is 0 Å². The zero-order valence-electron chi connectivity index (χ0n) is 11.8. The minimum atomic E-state index is 0.759. The Morgan fingerprint density at radius 2 is 1.76 bits per heavy atom. The Kier molecular flexibility index (Phi) is 5.30. The van der Waals surface area contributed by atoms with Gasteiger partial charge >= 0.3 is 0 Å². The minimum absolute atomic E-state index is 0.759. The zero-order valence-corrected chi connectivity index (χ0v) is 11.8. The van der Waals surface area contributed by atoms with Crippen molar-refractivity contribution in [1.82, 2.24) is 10.2 Å². The molecule has 2 aliphatic rings. The highest BCUT2D eigenvalue weighted by Crippen LogP contribution is 2.33. The first-order valence-corrected chi connectivity index (χ1v) is 7.86. The van der Waals surface area contributed by atoms with E-state index in [-0.39, 0.29) is 0 Å². The largest absolute Gasteiger partial charge is 0.313 e. The summed E-state index contributed by atoms with van der Waals surface area (Å²) in [5.74, 6) is 0. The first kappa shape index (κ1) is 13.4. The van der Waals surface area contributed by atoms with Gasteiger partial charge in [-0.15, -0.1) is 0 Å². The number of rotatable bonds is 6. The Hall–Kier alpha value is -0.0800. The van der Waals surface area contributed by atoms with Gasteiger partial charge < -0.3 is 5.32 Å². The van der Waals surface area contributed by atoms with Gasteiger partial charge in [0.1, 0.15) is 0 Å². The summed E-state index contributed by atoms with van der Waals surface area (Å²) in [6.45, 7) is 7.03. The van der Waals surface area contributed by atoms with Crippen molar-refractivity contribution in [3.8, 4) is 0 Å². The molecule has 0 amide bonds. The quantitative estimate of drug-likeness (QED) is 0.715. The molecule has 1 N–H and O–H groups in total. The van der Waals surface area contributed by atoms with Crippen LogP contribution in [0.15, 0.2) is 0 Å². The lowest BCUT2D eigenvalue weighted by Crippen LogP contribution is -2.50. The molecule has 2 rings (SSSR count). The molecule has 2 unspecified atom stereocenters. The number of hydrogen-bond donors (Lipinski definition) is 1. The van der Waals surface area contributed by atoms with Crippen LogP contribution < -0.4 is 5.32 Å². The van der Waals surface area contributed by atoms with Crippen molar-refractivity contribution in [3.05, 3.63) is 0 Å². The Morgan fingerprint density at radius 3 is 2.41 bits per heavy atom. The van der Waals surface area contributed by atoms with Crippen molar-refractivity contribution in [2.45, 2.75) is 83.3 Å². The molecule has 2 nitrogen and oxygen atoms in total. The molecule has 0 aliphatic heterocycles. The van der Waals surface area contributed by atoms with Crippen molar-refractivity contribution in [2.24, 2.45) is 0 Å². The highest BCUT2D eigenvalue weighted by molar-refractivity contribution is 4.94. The summed E-state index contributed by atoms with van der Waals surface area (Å²) in [5, 5.41) is 3.75. The van der Waals surface area contributed by atoms with E-state index in [1.54, 1.807) is 0 Å². The zero-order chi connectivity index (χ0) is 12.1. The summed E-state index contributed by atoms with van der Waals surface area (Å²) < 4.78 is 0. The fourth-order valence-electron chi connectivity index (χ4n) is 3.47. The lowest BCUT2D eigenvalue weighted by molar-refractivity contribution is 0.140. The van der Waals surface area contributed by atoms with Gasteiger partial charge in [0.2, 0.25) is 0 Å². The standard InChI is InChI=1S/C15H30N2/c1-3-12-17(13-10-11-13)15-9-7-5-6-8-14(15)16-4-2/h13-16H,3-12H2,1-2H3. The number of hydrogen-bond acceptors (Lipinski definition) is 2. The third-order valence-electron chi connectivity index (χ3n) is 4.37. The lowest BCUT2D eigenvalue weighted by atomic mass is 10.0. The maximum Gasteiger partial charge on any atom is 0.0252 e. The van der Waals surface area contributed by atoms with E-state index in [9.17, 15) is 0 Å². The van der Waals surface area contributed by atoms with Crippen LogP contribution in [0.4, 0.5) is 0 Å². The topological polar surface area (TPSA) is 15.3 Å². The van der Waals surface area contributed by atoms with Gasteiger partial charge in [0.15, 0.2) is 0 Å². The van der Waals surface area contributed by atoms with Crippen LogP contribution in [0.2, 0.25) is 0 Å². The summed E-state index contributed by atoms with van der Waals surface area (Å²) in [5.41, 5.74) is 0. The summed E-state index contributed by atoms with van der Waals surface area (Å²) >= 11 is 0. The van der Waals surface area contributed by atoms with Crippen molar-refractivity contribution >= 4 is 0 Å². The summed E-state index contributed by atoms with van der Waals surface area (Å²) in [6, 6.07) is 2.51. The van der Waals surface area contributed by atoms with Crippen LogP contribution in [0.3, 0.4) is 0 Å². The normalized spacial score (nSPS) is 30.5. The average molecular weight is 238 g/mol. The molecular formula is C15H30N2. The molecule has 0 spiro atoms. The Morgan fingerprint density at radius 1 is 1.00 bits per heavy atom. The third-order valence-corrected chi connectivity index (χ3v) is 4.37. The molecule has 0 radical (unpaired) electrons. The smallest absolute Gasteiger partial charge is 0.0252 e. The van der Waals surface area contributed by atoms with Gasteiger partial charge in [-0.2, -0.15) is 0 Å². The molecule has 2 fully saturated rings. The monoisotopic (exact) mass is 238 g/mol. The van der Waals surface area contributed by atoms with Crippen LogP contribution in [-0.2, 0) is 0 Å². The molecule has 2 aliphatic carbocycles. The van der Waals surface area contributed by atoms with Gasteiger partial charge in [0.05, 0.1) is 0 Å². The maximum atomic E-state index is 3.75. The molecule has 0 aromatic heterocycles. The van der Waals surface area contributed by atoms with Gasteiger partial charge in [-0.05, 0) is 45.2 Å². The second-order valence-corrected chi connectivity index (χ2v) is 5.84. The molecule has 2 heteroatoms. The van der Waals surface area contributed by atoms with Gasteiger partial charge in [-0.25, -0.2) is 0 Å². The summed E-state index contributed by atoms with van der Waals surface area (Å²) in [7, 11) is 0. The molecule has 2 atom stereocenters. The first-order valence-electron chi connectivity index (χ1n) is 7.86. The van der Waals surface area contributed by atoms with Crippen molar-refractivity contribution in [3.63, 3.8) is 0 Å². The fourth-order valence-corrected chi connectivity index (χ4v) is 3.47. The van der Waals surface area contributed by atoms with Crippen LogP contribution in [0.5, 0.6) is 0 Å². The van der Waals surface area contributed by atoms with Crippen LogP contribution in [-0.4, -0.2) is 36.1 Å². The highest BCUT2D eigenvalue weighted by atomic mass is 15.2. The fraction of sp³-hybridized carbons (Fsp3) is 1.00. The van der Waals surface area contributed by atoms with E-state index in [1.807, 2.05) is 0 Å². The van der Waals surface area contributed by atoms with Gasteiger partial charge in [-0.1, -0.05) is 33.1 Å². The van der Waals surface area contributed by atoms with Gasteiger partial charge in [0.25, 0.3) is 0 Å². The average Bonchev–Trinajstić information content (AvgIpc) is 3.14. The molecule has 0 saturated heterocycles. The second kappa shape index (κ2) is 6.75. The predicted octanol–water partition coefficient (Wildman–Crippen LogP) is 3.17. The molecule has 0 aromatic carbocycles. The summed E-state index contributed by atoms with van der Waals surface area (Å²) in [6.07, 6.45) is 11.4. The Labute approximate surface area is 107 Å². The molecule has 2 saturated carbocycles. The molecule has 0 aromatic rings. The van der Waals surface area contributed by atoms with Crippen LogP contribution >= 0.6 is 0 Å². The Balaban J connectivity index is 2.00. The van der Waals surface area contributed by atoms with E-state index >= 15 is 0 Å². The third kappa shape index (κ3) is 3.69. The van der Waals surface area contributed by atoms with E-state index in [2.05, 4.69) is 24.1 Å². The molecule has 17 heavy (non-hydrogen) atoms. The Bertz CT molecular complexity index is 213. The maximum absolute atomic E-state index is 3.75. The summed E-state index contributed by atoms with van der Waals surface area (Å²) in [4.78, 5) is 2.85. The van der Waals surface area contributed by atoms with E-state index in [0.717, 1.165) is 24.7 Å². The molecular weight excluding hydrogens is 208 g/mol. The SMILES string of the molecule is CCCN(C1CC1)C1CCCCCC1NCC. The van der Waals surface area contributed by atoms with Crippen molar-refractivity contribution < 1.29 is 0 Å². The van der Waals surface area contributed by atoms with Crippen LogP contribution in [0.1, 0.15) is 65.2 Å². The number of nitrogens with zero attached hydrogens (tertiary/aromatic N) is 1. The predicted molar refractivity (Wildman–Crippen MR) is 74.4 cm³/mol. The van der Waals surface area contributed by atoms with Crippen LogP contribution in [0, 0.1) is 0 Å². The highest BCUT2D eigenvalue weighted by Gasteiger charge is 2.36. The van der Waals surface area contributed by atoms with E-state index < -0.39 is 0 Å². The van der Waals surface area contributed by atoms with E-state index in [4.69, 9.17) is 0 Å². The van der Waals surface area contributed by atoms with Crippen molar-refractivity contribution in [2.75, 3.05) is 13.1 Å². The number of likely N-dealkylation sites (N-methyl/N-ethyl adjacent to an activating group) is 1. The van der Waals surface area contributed by atoms with E-state index in [1.165, 1.54) is 57.9 Å². The first-order chi connectivity index (χ1) is 8.36. The molecule has 0 heterocycles. The lowest BCUT2D eigenvalue weighted by Gasteiger charge is -2.37. The second-order valence-electron chi connectivity index (χ2n) is 5.84. The molecule has 100 valence electrons. The van der Waals surface area contributed by atoms with Gasteiger partial charge in [-0.3, -0.25) is 4.90 Å². The molecule has 0 bridgehead atoms. The van der Waals surface area contributed by atoms with Gasteiger partial charge in [0, 0.05) is 18.1 Å². The minimum Gasteiger partial charge on any atom is -0.313 e. The van der Waals surface area contributed by atoms with E-state index in [0.29, 0.717) is 0 Å². The number of nitrogens with one attached hydrogen (secondary N) is 1. The van der Waals surface area contributed by atoms with Crippen LogP contribution in [0.25, 0.3) is 0 Å².